The van der Waals surface area contributed by atoms with E-state index in [9.17, 15) is 43.8 Å². The molecule has 0 heterocycles. The summed E-state index contributed by atoms with van der Waals surface area (Å²) in [6.07, 6.45) is 2.93. The Morgan fingerprint density at radius 2 is 0.972 bits per heavy atom. The minimum Gasteiger partial charge on any atom is -0.481 e. The lowest BCUT2D eigenvalue weighted by Crippen LogP contribution is -2.60. The number of carboxylic acid groups (broad SMARTS) is 2. The molecule has 3 atom stereocenters. The highest BCUT2D eigenvalue weighted by Gasteiger charge is 2.35. The first-order valence-corrected chi connectivity index (χ1v) is 26.1. The highest BCUT2D eigenvalue weighted by molar-refractivity contribution is 9.11. The lowest BCUT2D eigenvalue weighted by molar-refractivity contribution is -0.138. The van der Waals surface area contributed by atoms with Gasteiger partial charge in [0, 0.05) is 84.5 Å². The molecule has 0 radical (unpaired) electrons. The van der Waals surface area contributed by atoms with E-state index in [1.165, 1.54) is 14.7 Å². The van der Waals surface area contributed by atoms with E-state index in [0.717, 1.165) is 30.1 Å². The van der Waals surface area contributed by atoms with Crippen molar-refractivity contribution in [3.63, 3.8) is 0 Å². The summed E-state index contributed by atoms with van der Waals surface area (Å²) in [6, 6.07) is 17.7. The molecule has 390 valence electrons. The summed E-state index contributed by atoms with van der Waals surface area (Å²) in [4.78, 5) is 96.2. The molecule has 12 N–H and O–H groups in total. The molecule has 9 amide bonds. The molecule has 22 heteroatoms. The van der Waals surface area contributed by atoms with E-state index >= 15 is 0 Å². The highest BCUT2D eigenvalue weighted by atomic mass is 79.9. The molecule has 0 bridgehead atoms. The van der Waals surface area contributed by atoms with Crippen LogP contribution in [-0.4, -0.2) is 137 Å². The number of nitrogens with two attached hydrogens (primary N) is 3. The third-order valence-corrected chi connectivity index (χ3v) is 13.2. The number of carbonyl (C=O) groups excluding carboxylic acids is 5. The first-order chi connectivity index (χ1) is 33.9. The van der Waals surface area contributed by atoms with Gasteiger partial charge in [-0.2, -0.15) is 0 Å². The van der Waals surface area contributed by atoms with Crippen molar-refractivity contribution in [2.24, 2.45) is 17.2 Å². The number of nitrogens with one attached hydrogen (secondary N) is 4. The normalized spacial score (nSPS) is 12.2. The number of urea groups is 4. The van der Waals surface area contributed by atoms with Gasteiger partial charge in [0.05, 0.1) is 12.1 Å². The van der Waals surface area contributed by atoms with E-state index in [0.29, 0.717) is 51.5 Å². The topological polar surface area (TPSA) is 296 Å². The summed E-state index contributed by atoms with van der Waals surface area (Å²) >= 11 is 10.3. The summed E-state index contributed by atoms with van der Waals surface area (Å²) in [6.45, 7) is 0.192. The third kappa shape index (κ3) is 25.0. The fourth-order valence-corrected chi connectivity index (χ4v) is 8.60. The number of benzene rings is 3. The van der Waals surface area contributed by atoms with Gasteiger partial charge in [-0.1, -0.05) is 90.6 Å². The van der Waals surface area contributed by atoms with Gasteiger partial charge in [0.1, 0.15) is 0 Å². The van der Waals surface area contributed by atoms with Gasteiger partial charge in [0.2, 0.25) is 5.91 Å². The molecule has 3 aromatic carbocycles. The first-order valence-electron chi connectivity index (χ1n) is 23.8. The largest absolute Gasteiger partial charge is 0.481 e. The maximum Gasteiger partial charge on any atom is 0.317 e. The number of rotatable bonds is 33. The van der Waals surface area contributed by atoms with Crippen molar-refractivity contribution in [1.82, 2.24) is 36.0 Å². The van der Waals surface area contributed by atoms with E-state index in [4.69, 9.17) is 17.2 Å². The van der Waals surface area contributed by atoms with Gasteiger partial charge < -0.3 is 63.4 Å². The van der Waals surface area contributed by atoms with Crippen LogP contribution in [0, 0.1) is 0 Å². The number of carboxylic acids is 2. The fraction of sp³-hybridized carbons (Fsp3) is 0.490. The zero-order valence-corrected chi connectivity index (χ0v) is 44.7. The first kappa shape index (κ1) is 59.9. The Morgan fingerprint density at radius 3 is 1.45 bits per heavy atom. The molecule has 0 aliphatic rings. The van der Waals surface area contributed by atoms with Gasteiger partial charge in [0.15, 0.2) is 0 Å². The lowest BCUT2D eigenvalue weighted by atomic mass is 10.0. The number of carbonyl (C=O) groups is 7. The monoisotopic (exact) mass is 1180 g/mol. The quantitative estimate of drug-likeness (QED) is 0.0306. The standard InChI is InChI=1S/C49H69Br3N10O9/c50-37-14-8-34(9-15-37)5-3-27-56-47(69)60(30-25-43(54)63)32-42(21-23-45(66)67)62(49(71)58-29-24-36-12-18-39(52)19-13-36)33-41(7-1-2-26-53)61(31-40(59-46(55)68)20-22-44(64)65)48(70)57-28-4-6-35-10-16-38(51)17-11-35/h8-19,40-42H,1-7,20-33,53H2,(H2,54,63)(H,56,69)(H,57,70)(H,58,71)(H,64,65)(H,66,67)(H3,55,59,68). The summed E-state index contributed by atoms with van der Waals surface area (Å²) < 4.78 is 2.74. The zero-order chi connectivity index (χ0) is 52.1. The average Bonchev–Trinajstić information content (AvgIpc) is 3.32. The van der Waals surface area contributed by atoms with Gasteiger partial charge >= 0.3 is 36.1 Å². The van der Waals surface area contributed by atoms with Crippen LogP contribution in [0.3, 0.4) is 0 Å². The number of primary amides is 2. The van der Waals surface area contributed by atoms with Crippen molar-refractivity contribution in [3.05, 3.63) is 103 Å². The van der Waals surface area contributed by atoms with Crippen LogP contribution in [0.1, 0.15) is 80.9 Å². The molecule has 0 aromatic heterocycles. The fourth-order valence-electron chi connectivity index (χ4n) is 7.81. The molecule has 3 rings (SSSR count). The van der Waals surface area contributed by atoms with Gasteiger partial charge in [-0.3, -0.25) is 14.4 Å². The van der Waals surface area contributed by atoms with Crippen LogP contribution >= 0.6 is 47.8 Å². The molecule has 0 saturated carbocycles. The Balaban J connectivity index is 2.09. The van der Waals surface area contributed by atoms with E-state index < -0.39 is 66.5 Å². The van der Waals surface area contributed by atoms with Crippen molar-refractivity contribution in [2.75, 3.05) is 52.4 Å². The number of hydrogen-bond acceptors (Lipinski definition) is 8. The predicted octanol–water partition coefficient (Wildman–Crippen LogP) is 6.33. The molecule has 3 unspecified atom stereocenters. The van der Waals surface area contributed by atoms with Crippen LogP contribution in [0.2, 0.25) is 0 Å². The molecule has 0 aliphatic heterocycles. The van der Waals surface area contributed by atoms with Crippen LogP contribution in [0.5, 0.6) is 0 Å². The Hall–Kier alpha value is -5.45. The minimum atomic E-state index is -1.16. The molecule has 0 saturated heterocycles. The number of nitrogens with zero attached hydrogens (tertiary/aromatic N) is 3. The summed E-state index contributed by atoms with van der Waals surface area (Å²) in [5.41, 5.74) is 20.1. The lowest BCUT2D eigenvalue weighted by Gasteiger charge is -2.41. The van der Waals surface area contributed by atoms with E-state index in [-0.39, 0.29) is 77.9 Å². The van der Waals surface area contributed by atoms with Crippen molar-refractivity contribution < 1.29 is 43.8 Å². The van der Waals surface area contributed by atoms with Gasteiger partial charge in [-0.05, 0) is 117 Å². The second-order valence-electron chi connectivity index (χ2n) is 17.2. The molecule has 0 spiro atoms. The average molecular weight is 1180 g/mol. The zero-order valence-electron chi connectivity index (χ0n) is 40.0. The second-order valence-corrected chi connectivity index (χ2v) is 19.9. The Labute approximate surface area is 441 Å². The third-order valence-electron chi connectivity index (χ3n) is 11.6. The second kappa shape index (κ2) is 33.2. The Bertz CT molecular complexity index is 2140. The Morgan fingerprint density at radius 1 is 0.521 bits per heavy atom. The summed E-state index contributed by atoms with van der Waals surface area (Å²) in [7, 11) is 0. The van der Waals surface area contributed by atoms with Crippen molar-refractivity contribution in [3.8, 4) is 0 Å². The van der Waals surface area contributed by atoms with Crippen LogP contribution in [0.25, 0.3) is 0 Å². The molecule has 3 aromatic rings. The summed E-state index contributed by atoms with van der Waals surface area (Å²) in [5.74, 6) is -2.97. The smallest absolute Gasteiger partial charge is 0.317 e. The molecule has 71 heavy (non-hydrogen) atoms. The van der Waals surface area contributed by atoms with E-state index in [1.807, 2.05) is 72.8 Å². The maximum absolute atomic E-state index is 14.8. The number of halogens is 3. The van der Waals surface area contributed by atoms with Gasteiger partial charge in [-0.25, -0.2) is 19.2 Å². The number of hydrogen-bond donors (Lipinski definition) is 9. The molecule has 0 aliphatic carbocycles. The van der Waals surface area contributed by atoms with Crippen LogP contribution in [0.4, 0.5) is 19.2 Å². The van der Waals surface area contributed by atoms with Crippen LogP contribution in [-0.2, 0) is 33.6 Å². The van der Waals surface area contributed by atoms with Crippen LogP contribution in [0.15, 0.2) is 86.2 Å². The van der Waals surface area contributed by atoms with Gasteiger partial charge in [-0.15, -0.1) is 0 Å². The maximum atomic E-state index is 14.8. The minimum absolute atomic E-state index is 0.0876. The number of amides is 9. The SMILES string of the molecule is NCCCCC(CN(C(=O)NCCc1ccc(Br)cc1)C(CCC(=O)O)CN(CCC(N)=O)C(=O)NCCCc1ccc(Br)cc1)N(CC(CCC(=O)O)NC(N)=O)C(=O)NCCCc1ccc(Br)cc1. The molecule has 0 fully saturated rings. The molecular weight excluding hydrogens is 1110 g/mol. The predicted molar refractivity (Wildman–Crippen MR) is 282 cm³/mol. The van der Waals surface area contributed by atoms with Crippen molar-refractivity contribution >= 4 is 89.8 Å². The molecule has 19 nitrogen and oxygen atoms in total. The van der Waals surface area contributed by atoms with Crippen molar-refractivity contribution in [1.29, 1.82) is 0 Å². The van der Waals surface area contributed by atoms with E-state index in [1.54, 1.807) is 0 Å². The van der Waals surface area contributed by atoms with Crippen molar-refractivity contribution in [2.45, 2.75) is 102 Å². The number of aliphatic carboxylic acids is 2. The van der Waals surface area contributed by atoms with E-state index in [2.05, 4.69) is 69.1 Å². The van der Waals surface area contributed by atoms with Gasteiger partial charge in [0.25, 0.3) is 0 Å². The number of unbranched alkanes of at least 4 members (excludes halogenated alkanes) is 1. The van der Waals surface area contributed by atoms with Crippen LogP contribution < -0.4 is 38.5 Å². The highest BCUT2D eigenvalue weighted by Crippen LogP contribution is 2.20. The molecular formula is C49H69Br3N10O9. The number of aryl methyl sites for hydroxylation is 2. The Kier molecular flexibility index (Phi) is 28.0. The summed E-state index contributed by atoms with van der Waals surface area (Å²) in [5, 5.41) is 31.1.